The van der Waals surface area contributed by atoms with E-state index in [-0.39, 0.29) is 17.3 Å². The molecule has 18 heavy (non-hydrogen) atoms. The first-order valence-electron chi connectivity index (χ1n) is 6.33. The van der Waals surface area contributed by atoms with Gasteiger partial charge in [-0.25, -0.2) is 8.78 Å². The van der Waals surface area contributed by atoms with Crippen LogP contribution < -0.4 is 0 Å². The normalized spacial score (nSPS) is 17.9. The van der Waals surface area contributed by atoms with Crippen molar-refractivity contribution in [1.29, 1.82) is 0 Å². The van der Waals surface area contributed by atoms with Gasteiger partial charge in [0.15, 0.2) is 5.78 Å². The maximum atomic E-state index is 13.5. The van der Waals surface area contributed by atoms with Crippen LogP contribution in [0, 0.1) is 17.6 Å². The SMILES string of the molecule is CCN1CCC(C(=O)c2ccc(F)cc2F)CC1. The Kier molecular flexibility index (Phi) is 4.07. The maximum absolute atomic E-state index is 13.5. The summed E-state index contributed by atoms with van der Waals surface area (Å²) in [6, 6.07) is 3.16. The molecule has 2 rings (SSSR count). The average molecular weight is 253 g/mol. The molecule has 0 spiro atoms. The smallest absolute Gasteiger partial charge is 0.168 e. The van der Waals surface area contributed by atoms with Gasteiger partial charge < -0.3 is 4.90 Å². The number of benzene rings is 1. The van der Waals surface area contributed by atoms with E-state index in [2.05, 4.69) is 11.8 Å². The molecule has 1 aromatic rings. The van der Waals surface area contributed by atoms with Crippen molar-refractivity contribution in [3.8, 4) is 0 Å². The van der Waals surface area contributed by atoms with Crippen molar-refractivity contribution in [2.45, 2.75) is 19.8 Å². The molecule has 1 heterocycles. The van der Waals surface area contributed by atoms with Gasteiger partial charge in [0.2, 0.25) is 0 Å². The molecule has 1 aromatic carbocycles. The number of Topliss-reactive ketones (excluding diaryl/α,β-unsaturated/α-hetero) is 1. The lowest BCUT2D eigenvalue weighted by molar-refractivity contribution is 0.0840. The molecular formula is C14H17F2NO. The van der Waals surface area contributed by atoms with Crippen molar-refractivity contribution in [3.63, 3.8) is 0 Å². The molecule has 0 amide bonds. The Morgan fingerprint density at radius 1 is 1.33 bits per heavy atom. The quantitative estimate of drug-likeness (QED) is 0.772. The third-order valence-corrected chi connectivity index (χ3v) is 3.60. The number of hydrogen-bond acceptors (Lipinski definition) is 2. The molecule has 0 aliphatic carbocycles. The highest BCUT2D eigenvalue weighted by molar-refractivity contribution is 5.98. The average Bonchev–Trinajstić information content (AvgIpc) is 2.38. The summed E-state index contributed by atoms with van der Waals surface area (Å²) in [7, 11) is 0. The van der Waals surface area contributed by atoms with Crippen LogP contribution in [0.1, 0.15) is 30.1 Å². The number of nitrogens with zero attached hydrogens (tertiary/aromatic N) is 1. The van der Waals surface area contributed by atoms with Gasteiger partial charge >= 0.3 is 0 Å². The van der Waals surface area contributed by atoms with Crippen molar-refractivity contribution in [1.82, 2.24) is 4.90 Å². The summed E-state index contributed by atoms with van der Waals surface area (Å²) < 4.78 is 26.3. The summed E-state index contributed by atoms with van der Waals surface area (Å²) >= 11 is 0. The van der Waals surface area contributed by atoms with E-state index >= 15 is 0 Å². The first-order chi connectivity index (χ1) is 8.61. The lowest BCUT2D eigenvalue weighted by Crippen LogP contribution is -2.36. The van der Waals surface area contributed by atoms with Crippen molar-refractivity contribution < 1.29 is 13.6 Å². The molecule has 98 valence electrons. The summed E-state index contributed by atoms with van der Waals surface area (Å²) in [5.41, 5.74) is 0.0198. The number of carbonyl (C=O) groups excluding carboxylic acids is 1. The van der Waals surface area contributed by atoms with Crippen LogP contribution >= 0.6 is 0 Å². The molecule has 1 aliphatic heterocycles. The van der Waals surface area contributed by atoms with Gasteiger partial charge in [-0.05, 0) is 44.6 Å². The number of likely N-dealkylation sites (tertiary alicyclic amines) is 1. The highest BCUT2D eigenvalue weighted by Gasteiger charge is 2.26. The highest BCUT2D eigenvalue weighted by atomic mass is 19.1. The zero-order valence-corrected chi connectivity index (χ0v) is 10.5. The summed E-state index contributed by atoms with van der Waals surface area (Å²) in [4.78, 5) is 14.4. The van der Waals surface area contributed by atoms with Crippen LogP contribution in [0.25, 0.3) is 0 Å². The van der Waals surface area contributed by atoms with Crippen LogP contribution in [-0.4, -0.2) is 30.3 Å². The summed E-state index contributed by atoms with van der Waals surface area (Å²) in [6.45, 7) is 4.80. The van der Waals surface area contributed by atoms with E-state index in [1.165, 1.54) is 6.07 Å². The van der Waals surface area contributed by atoms with Crippen molar-refractivity contribution in [2.75, 3.05) is 19.6 Å². The Labute approximate surface area is 106 Å². The molecule has 0 atom stereocenters. The second-order valence-electron chi connectivity index (χ2n) is 4.70. The summed E-state index contributed by atoms with van der Waals surface area (Å²) in [6.07, 6.45) is 1.51. The van der Waals surface area contributed by atoms with Crippen molar-refractivity contribution >= 4 is 5.78 Å². The molecule has 0 radical (unpaired) electrons. The van der Waals surface area contributed by atoms with Crippen molar-refractivity contribution in [2.24, 2.45) is 5.92 Å². The number of hydrogen-bond donors (Lipinski definition) is 0. The number of carbonyl (C=O) groups is 1. The lowest BCUT2D eigenvalue weighted by Gasteiger charge is -2.30. The third kappa shape index (κ3) is 2.75. The first-order valence-corrected chi connectivity index (χ1v) is 6.33. The monoisotopic (exact) mass is 253 g/mol. The van der Waals surface area contributed by atoms with Gasteiger partial charge in [0, 0.05) is 12.0 Å². The number of ketones is 1. The van der Waals surface area contributed by atoms with E-state index in [9.17, 15) is 13.6 Å². The second-order valence-corrected chi connectivity index (χ2v) is 4.70. The Morgan fingerprint density at radius 3 is 2.56 bits per heavy atom. The van der Waals surface area contributed by atoms with E-state index in [1.54, 1.807) is 0 Å². The Hall–Kier alpha value is -1.29. The van der Waals surface area contributed by atoms with E-state index in [0.29, 0.717) is 0 Å². The lowest BCUT2D eigenvalue weighted by atomic mass is 9.88. The van der Waals surface area contributed by atoms with E-state index < -0.39 is 11.6 Å². The van der Waals surface area contributed by atoms with Crippen LogP contribution in [-0.2, 0) is 0 Å². The minimum atomic E-state index is -0.752. The van der Waals surface area contributed by atoms with Gasteiger partial charge in [-0.3, -0.25) is 4.79 Å². The van der Waals surface area contributed by atoms with Crippen LogP contribution in [0.3, 0.4) is 0 Å². The highest BCUT2D eigenvalue weighted by Crippen LogP contribution is 2.23. The first kappa shape index (κ1) is 13.1. The topological polar surface area (TPSA) is 20.3 Å². The molecule has 1 aliphatic rings. The minimum Gasteiger partial charge on any atom is -0.304 e. The van der Waals surface area contributed by atoms with E-state index in [1.807, 2.05) is 0 Å². The molecule has 0 aromatic heterocycles. The molecule has 0 unspecified atom stereocenters. The molecule has 4 heteroatoms. The van der Waals surface area contributed by atoms with Gasteiger partial charge in [-0.15, -0.1) is 0 Å². The molecular weight excluding hydrogens is 236 g/mol. The summed E-state index contributed by atoms with van der Waals surface area (Å²) in [5.74, 6) is -1.72. The van der Waals surface area contributed by atoms with Crippen LogP contribution in [0.4, 0.5) is 8.78 Å². The zero-order valence-electron chi connectivity index (χ0n) is 10.5. The van der Waals surface area contributed by atoms with E-state index in [4.69, 9.17) is 0 Å². The van der Waals surface area contributed by atoms with Gasteiger partial charge in [-0.1, -0.05) is 6.92 Å². The fourth-order valence-electron chi connectivity index (χ4n) is 2.42. The number of piperidine rings is 1. The number of halogens is 2. The largest absolute Gasteiger partial charge is 0.304 e. The molecule has 0 saturated carbocycles. The van der Waals surface area contributed by atoms with Crippen LogP contribution in [0.2, 0.25) is 0 Å². The predicted molar refractivity (Wildman–Crippen MR) is 65.5 cm³/mol. The Balaban J connectivity index is 2.08. The molecule has 0 bridgehead atoms. The van der Waals surface area contributed by atoms with E-state index in [0.717, 1.165) is 44.6 Å². The van der Waals surface area contributed by atoms with Crippen molar-refractivity contribution in [3.05, 3.63) is 35.4 Å². The minimum absolute atomic E-state index is 0.0198. The van der Waals surface area contributed by atoms with Gasteiger partial charge in [0.1, 0.15) is 11.6 Å². The molecule has 1 saturated heterocycles. The Bertz CT molecular complexity index is 439. The van der Waals surface area contributed by atoms with Gasteiger partial charge in [0.25, 0.3) is 0 Å². The molecule has 0 N–H and O–H groups in total. The fraction of sp³-hybridized carbons (Fsp3) is 0.500. The van der Waals surface area contributed by atoms with Gasteiger partial charge in [0.05, 0.1) is 5.56 Å². The third-order valence-electron chi connectivity index (χ3n) is 3.60. The zero-order chi connectivity index (χ0) is 13.1. The molecule has 1 fully saturated rings. The van der Waals surface area contributed by atoms with Crippen LogP contribution in [0.15, 0.2) is 18.2 Å². The fourth-order valence-corrected chi connectivity index (χ4v) is 2.42. The van der Waals surface area contributed by atoms with Gasteiger partial charge in [-0.2, -0.15) is 0 Å². The maximum Gasteiger partial charge on any atom is 0.168 e. The molecule has 2 nitrogen and oxygen atoms in total. The van der Waals surface area contributed by atoms with Crippen LogP contribution in [0.5, 0.6) is 0 Å². The Morgan fingerprint density at radius 2 is 2.00 bits per heavy atom. The predicted octanol–water partition coefficient (Wildman–Crippen LogP) is 2.88. The number of rotatable bonds is 3. The summed E-state index contributed by atoms with van der Waals surface area (Å²) in [5, 5.41) is 0. The second kappa shape index (κ2) is 5.57. The standard InChI is InChI=1S/C14H17F2NO/c1-2-17-7-5-10(6-8-17)14(18)12-4-3-11(15)9-13(12)16/h3-4,9-10H,2,5-8H2,1H3.